The molecule has 0 aliphatic heterocycles. The van der Waals surface area contributed by atoms with Gasteiger partial charge < -0.3 is 0 Å². The topological polar surface area (TPSA) is 72.8 Å². The second kappa shape index (κ2) is 5.80. The minimum atomic E-state index is -0.326. The molecule has 0 amide bonds. The summed E-state index contributed by atoms with van der Waals surface area (Å²) in [7, 11) is 0. The smallest absolute Gasteiger partial charge is 0.232 e. The van der Waals surface area contributed by atoms with Gasteiger partial charge in [0.25, 0.3) is 0 Å². The Morgan fingerprint density at radius 3 is 2.42 bits per heavy atom. The number of benzene rings is 1. The van der Waals surface area contributed by atoms with Crippen LogP contribution in [0.2, 0.25) is 0 Å². The van der Waals surface area contributed by atoms with Gasteiger partial charge in [-0.1, -0.05) is 25.3 Å². The third kappa shape index (κ3) is 2.27. The van der Waals surface area contributed by atoms with Crippen LogP contribution in [0.25, 0.3) is 11.0 Å². The lowest BCUT2D eigenvalue weighted by molar-refractivity contribution is 0.0968. The van der Waals surface area contributed by atoms with E-state index < -0.39 is 0 Å². The van der Waals surface area contributed by atoms with Gasteiger partial charge in [0.1, 0.15) is 17.1 Å². The van der Waals surface area contributed by atoms with Crippen molar-refractivity contribution in [3.8, 4) is 0 Å². The Balaban J connectivity index is 1.65. The molecule has 1 aromatic carbocycles. The molecular formula is C21H17N3O2. The van der Waals surface area contributed by atoms with Crippen molar-refractivity contribution in [2.24, 2.45) is 0 Å². The van der Waals surface area contributed by atoms with Gasteiger partial charge in [-0.15, -0.1) is 0 Å². The number of pyridine rings is 1. The number of rotatable bonds is 1. The van der Waals surface area contributed by atoms with Crippen LogP contribution < -0.4 is 0 Å². The summed E-state index contributed by atoms with van der Waals surface area (Å²) < 4.78 is 0. The number of ketones is 2. The Hall–Kier alpha value is -2.95. The molecule has 128 valence electrons. The molecule has 0 N–H and O–H groups in total. The quantitative estimate of drug-likeness (QED) is 0.525. The van der Waals surface area contributed by atoms with E-state index in [9.17, 15) is 9.59 Å². The molecule has 0 atom stereocenters. The predicted octanol–water partition coefficient (Wildman–Crippen LogP) is 3.85. The predicted molar refractivity (Wildman–Crippen MR) is 96.5 cm³/mol. The van der Waals surface area contributed by atoms with Gasteiger partial charge in [-0.3, -0.25) is 14.6 Å². The molecule has 0 unspecified atom stereocenters. The number of hydrogen-bond donors (Lipinski definition) is 0. The summed E-state index contributed by atoms with van der Waals surface area (Å²) in [5, 5.41) is 0. The van der Waals surface area contributed by atoms with Crippen LogP contribution in [0.3, 0.4) is 0 Å². The van der Waals surface area contributed by atoms with E-state index in [1.54, 1.807) is 12.1 Å². The van der Waals surface area contributed by atoms with E-state index >= 15 is 0 Å². The summed E-state index contributed by atoms with van der Waals surface area (Å²) in [6.07, 6.45) is 7.73. The van der Waals surface area contributed by atoms with Crippen LogP contribution >= 0.6 is 0 Å². The standard InChI is InChI=1S/C21H17N3O2/c25-20-14-7-4-10-22-17(14)21(26)19-18(20)23-15-9-8-13(11-16(15)24-19)12-5-2-1-3-6-12/h4,7-12H,1-3,5-6H2. The molecule has 0 radical (unpaired) electrons. The molecule has 5 heteroatoms. The van der Waals surface area contributed by atoms with Crippen molar-refractivity contribution in [1.82, 2.24) is 15.0 Å². The number of hydrogen-bond acceptors (Lipinski definition) is 5. The maximum Gasteiger partial charge on any atom is 0.232 e. The Morgan fingerprint density at radius 1 is 0.808 bits per heavy atom. The third-order valence-electron chi connectivity index (χ3n) is 5.46. The summed E-state index contributed by atoms with van der Waals surface area (Å²) in [5.41, 5.74) is 3.30. The fourth-order valence-electron chi connectivity index (χ4n) is 4.09. The van der Waals surface area contributed by atoms with Crippen molar-refractivity contribution < 1.29 is 9.59 Å². The Bertz CT molecular complexity index is 1070. The Kier molecular flexibility index (Phi) is 3.42. The minimum Gasteiger partial charge on any atom is -0.287 e. The van der Waals surface area contributed by atoms with Gasteiger partial charge in [-0.25, -0.2) is 9.97 Å². The van der Waals surface area contributed by atoms with Crippen LogP contribution in [0.4, 0.5) is 0 Å². The monoisotopic (exact) mass is 343 g/mol. The van der Waals surface area contributed by atoms with Crippen LogP contribution in [0, 0.1) is 0 Å². The van der Waals surface area contributed by atoms with Gasteiger partial charge in [0.15, 0.2) is 0 Å². The summed E-state index contributed by atoms with van der Waals surface area (Å²) in [5.74, 6) is -0.0631. The highest BCUT2D eigenvalue weighted by atomic mass is 16.1. The van der Waals surface area contributed by atoms with Crippen molar-refractivity contribution in [1.29, 1.82) is 0 Å². The first-order valence-corrected chi connectivity index (χ1v) is 9.08. The number of fused-ring (bicyclic) bond motifs is 3. The molecule has 1 fully saturated rings. The van der Waals surface area contributed by atoms with Crippen LogP contribution in [-0.2, 0) is 0 Å². The van der Waals surface area contributed by atoms with Gasteiger partial charge in [0.2, 0.25) is 11.6 Å². The lowest BCUT2D eigenvalue weighted by Gasteiger charge is -2.22. The van der Waals surface area contributed by atoms with Gasteiger partial charge >= 0.3 is 0 Å². The van der Waals surface area contributed by atoms with Crippen molar-refractivity contribution in [3.05, 3.63) is 64.7 Å². The van der Waals surface area contributed by atoms with E-state index in [2.05, 4.69) is 21.0 Å². The second-order valence-corrected chi connectivity index (χ2v) is 7.06. The lowest BCUT2D eigenvalue weighted by atomic mass is 9.84. The van der Waals surface area contributed by atoms with Crippen molar-refractivity contribution in [2.75, 3.05) is 0 Å². The molecule has 5 nitrogen and oxygen atoms in total. The highest BCUT2D eigenvalue weighted by Crippen LogP contribution is 2.34. The van der Waals surface area contributed by atoms with Crippen LogP contribution in [0.5, 0.6) is 0 Å². The fourth-order valence-corrected chi connectivity index (χ4v) is 4.09. The van der Waals surface area contributed by atoms with E-state index in [0.717, 1.165) is 0 Å². The zero-order chi connectivity index (χ0) is 17.7. The molecule has 0 bridgehead atoms. The van der Waals surface area contributed by atoms with E-state index in [-0.39, 0.29) is 28.6 Å². The van der Waals surface area contributed by atoms with Crippen molar-refractivity contribution >= 4 is 22.6 Å². The summed E-state index contributed by atoms with van der Waals surface area (Å²) >= 11 is 0. The first kappa shape index (κ1) is 15.3. The number of nitrogens with zero attached hydrogens (tertiary/aromatic N) is 3. The minimum absolute atomic E-state index is 0.120. The van der Waals surface area contributed by atoms with Gasteiger partial charge in [0, 0.05) is 6.20 Å². The first-order valence-electron chi connectivity index (χ1n) is 9.08. The molecule has 2 aliphatic rings. The van der Waals surface area contributed by atoms with Gasteiger partial charge in [0.05, 0.1) is 16.6 Å². The molecule has 5 rings (SSSR count). The van der Waals surface area contributed by atoms with E-state index in [4.69, 9.17) is 0 Å². The van der Waals surface area contributed by atoms with Crippen LogP contribution in [0.15, 0.2) is 36.5 Å². The fraction of sp³-hybridized carbons (Fsp3) is 0.286. The largest absolute Gasteiger partial charge is 0.287 e. The maximum absolute atomic E-state index is 12.8. The Morgan fingerprint density at radius 2 is 1.58 bits per heavy atom. The number of carbonyl (C=O) groups excluding carboxylic acids is 2. The highest BCUT2D eigenvalue weighted by molar-refractivity contribution is 6.26. The SMILES string of the molecule is O=C1c2cccnc2C(=O)c2nc3cc(C4CCCCC4)ccc3nc21. The average Bonchev–Trinajstić information content (AvgIpc) is 2.71. The van der Waals surface area contributed by atoms with Gasteiger partial charge in [-0.05, 0) is 48.6 Å². The summed E-state index contributed by atoms with van der Waals surface area (Å²) in [4.78, 5) is 38.6. The lowest BCUT2D eigenvalue weighted by Crippen LogP contribution is -2.25. The molecular weight excluding hydrogens is 326 g/mol. The molecule has 0 saturated heterocycles. The molecule has 2 aliphatic carbocycles. The highest BCUT2D eigenvalue weighted by Gasteiger charge is 2.33. The van der Waals surface area contributed by atoms with E-state index in [1.165, 1.54) is 43.9 Å². The molecule has 0 spiro atoms. The third-order valence-corrected chi connectivity index (χ3v) is 5.46. The first-order chi connectivity index (χ1) is 12.7. The van der Waals surface area contributed by atoms with Crippen molar-refractivity contribution in [2.45, 2.75) is 38.0 Å². The normalized spacial score (nSPS) is 17.2. The number of carbonyl (C=O) groups is 2. The number of aromatic nitrogens is 3. The average molecular weight is 343 g/mol. The zero-order valence-electron chi connectivity index (χ0n) is 14.2. The molecule has 1 saturated carbocycles. The van der Waals surface area contributed by atoms with E-state index in [1.807, 2.05) is 12.1 Å². The second-order valence-electron chi connectivity index (χ2n) is 7.06. The van der Waals surface area contributed by atoms with Crippen LogP contribution in [0.1, 0.15) is 75.8 Å². The maximum atomic E-state index is 12.8. The van der Waals surface area contributed by atoms with E-state index in [0.29, 0.717) is 22.5 Å². The molecule has 2 aromatic heterocycles. The van der Waals surface area contributed by atoms with Crippen LogP contribution in [-0.4, -0.2) is 26.5 Å². The Labute approximate surface area is 150 Å². The summed E-state index contributed by atoms with van der Waals surface area (Å²) in [6, 6.07) is 9.31. The molecule has 2 heterocycles. The van der Waals surface area contributed by atoms with Gasteiger partial charge in [-0.2, -0.15) is 0 Å². The summed E-state index contributed by atoms with van der Waals surface area (Å²) in [6.45, 7) is 0. The van der Waals surface area contributed by atoms with Crippen molar-refractivity contribution in [3.63, 3.8) is 0 Å². The molecule has 26 heavy (non-hydrogen) atoms. The zero-order valence-corrected chi connectivity index (χ0v) is 14.2. The molecule has 3 aromatic rings.